The zero-order valence-corrected chi connectivity index (χ0v) is 23.7. The molecule has 1 aliphatic rings. The second-order valence-electron chi connectivity index (χ2n) is 9.07. The van der Waals surface area contributed by atoms with Gasteiger partial charge in [0.2, 0.25) is 0 Å². The molecule has 0 saturated heterocycles. The van der Waals surface area contributed by atoms with E-state index in [0.717, 1.165) is 11.3 Å². The Morgan fingerprint density at radius 1 is 1.15 bits per heavy atom. The highest BCUT2D eigenvalue weighted by Gasteiger charge is 2.34. The summed E-state index contributed by atoms with van der Waals surface area (Å²) in [6, 6.07) is 8.80. The maximum atomic E-state index is 13.8. The number of carbonyl (C=O) groups excluding carboxylic acids is 1. The highest BCUT2D eigenvalue weighted by molar-refractivity contribution is 7.07. The molecule has 0 spiro atoms. The summed E-state index contributed by atoms with van der Waals surface area (Å²) in [6.45, 7) is 7.33. The minimum atomic E-state index is -0.857. The summed E-state index contributed by atoms with van der Waals surface area (Å²) in [4.78, 5) is 42.9. The molecule has 1 aromatic heterocycles. The molecule has 11 nitrogen and oxygen atoms in total. The number of carbonyl (C=O) groups is 1. The van der Waals surface area contributed by atoms with Gasteiger partial charge in [-0.1, -0.05) is 23.5 Å². The van der Waals surface area contributed by atoms with Crippen LogP contribution in [0.15, 0.2) is 57.5 Å². The Hall–Kier alpha value is -4.45. The average molecular weight is 568 g/mol. The average Bonchev–Trinajstić information content (AvgIpc) is 3.21. The van der Waals surface area contributed by atoms with Gasteiger partial charge in [-0.2, -0.15) is 0 Å². The number of benzene rings is 2. The van der Waals surface area contributed by atoms with Crippen molar-refractivity contribution in [1.29, 1.82) is 0 Å². The van der Waals surface area contributed by atoms with Crippen LogP contribution in [0.1, 0.15) is 44.9 Å². The first-order valence-corrected chi connectivity index (χ1v) is 13.3. The monoisotopic (exact) mass is 567 g/mol. The van der Waals surface area contributed by atoms with Gasteiger partial charge in [0, 0.05) is 6.07 Å². The molecule has 210 valence electrons. The van der Waals surface area contributed by atoms with E-state index in [9.17, 15) is 19.7 Å². The third kappa shape index (κ3) is 5.48. The molecule has 1 aliphatic heterocycles. The minimum absolute atomic E-state index is 0.0940. The fourth-order valence-corrected chi connectivity index (χ4v) is 5.45. The van der Waals surface area contributed by atoms with E-state index >= 15 is 0 Å². The van der Waals surface area contributed by atoms with Gasteiger partial charge >= 0.3 is 11.7 Å². The summed E-state index contributed by atoms with van der Waals surface area (Å²) >= 11 is 1.12. The molecule has 0 N–H and O–H groups in total. The van der Waals surface area contributed by atoms with E-state index in [-0.39, 0.29) is 34.3 Å². The maximum absolute atomic E-state index is 13.8. The van der Waals surface area contributed by atoms with Crippen molar-refractivity contribution in [3.05, 3.63) is 88.6 Å². The lowest BCUT2D eigenvalue weighted by atomic mass is 9.95. The van der Waals surface area contributed by atoms with Crippen molar-refractivity contribution in [3.8, 4) is 17.2 Å². The second kappa shape index (κ2) is 11.7. The standard InChI is InChI=1S/C28H29N3O8S/c1-7-38-27(33)24-16(4)29-28-30(25(24)18-9-11-21(39-15(2)3)22(14-18)37-6)26(32)23(40-28)13-17-8-10-20(36-5)19(12-17)31(34)35/h8-15,25H,7H2,1-6H3/b23-13-/t25-/m1/s1. The number of rotatable bonds is 9. The van der Waals surface area contributed by atoms with Gasteiger partial charge in [-0.05, 0) is 63.1 Å². The van der Waals surface area contributed by atoms with Crippen LogP contribution in [0.3, 0.4) is 0 Å². The van der Waals surface area contributed by atoms with Crippen LogP contribution in [-0.4, -0.2) is 42.4 Å². The van der Waals surface area contributed by atoms with Crippen LogP contribution in [0.5, 0.6) is 17.2 Å². The molecule has 0 saturated carbocycles. The van der Waals surface area contributed by atoms with E-state index in [4.69, 9.17) is 18.9 Å². The lowest BCUT2D eigenvalue weighted by Crippen LogP contribution is -2.40. The molecule has 1 atom stereocenters. The Morgan fingerprint density at radius 3 is 2.48 bits per heavy atom. The summed E-state index contributed by atoms with van der Waals surface area (Å²) in [5.74, 6) is 0.484. The number of nitrogens with zero attached hydrogens (tertiary/aromatic N) is 3. The largest absolute Gasteiger partial charge is 0.493 e. The fourth-order valence-electron chi connectivity index (χ4n) is 4.40. The van der Waals surface area contributed by atoms with Crippen molar-refractivity contribution in [2.75, 3.05) is 20.8 Å². The summed E-state index contributed by atoms with van der Waals surface area (Å²) in [5.41, 5.74) is 1.03. The Labute approximate surface area is 233 Å². The molecule has 0 fully saturated rings. The van der Waals surface area contributed by atoms with E-state index in [1.54, 1.807) is 44.2 Å². The van der Waals surface area contributed by atoms with Gasteiger partial charge in [-0.3, -0.25) is 19.5 Å². The highest BCUT2D eigenvalue weighted by Crippen LogP contribution is 2.36. The van der Waals surface area contributed by atoms with Gasteiger partial charge in [0.15, 0.2) is 22.0 Å². The molecular formula is C28H29N3O8S. The van der Waals surface area contributed by atoms with Crippen LogP contribution in [0.4, 0.5) is 5.69 Å². The van der Waals surface area contributed by atoms with Crippen LogP contribution in [0.25, 0.3) is 6.08 Å². The first-order valence-electron chi connectivity index (χ1n) is 12.5. The van der Waals surface area contributed by atoms with Gasteiger partial charge in [-0.15, -0.1) is 0 Å². The van der Waals surface area contributed by atoms with Crippen LogP contribution < -0.4 is 29.1 Å². The Morgan fingerprint density at radius 2 is 1.85 bits per heavy atom. The van der Waals surface area contributed by atoms with Gasteiger partial charge in [0.1, 0.15) is 0 Å². The summed E-state index contributed by atoms with van der Waals surface area (Å²) in [6.07, 6.45) is 1.46. The Balaban J connectivity index is 1.94. The van der Waals surface area contributed by atoms with Gasteiger partial charge in [-0.25, -0.2) is 9.79 Å². The lowest BCUT2D eigenvalue weighted by Gasteiger charge is -2.25. The molecule has 0 aliphatic carbocycles. The van der Waals surface area contributed by atoms with Crippen LogP contribution in [-0.2, 0) is 9.53 Å². The number of hydrogen-bond donors (Lipinski definition) is 0. The minimum Gasteiger partial charge on any atom is -0.493 e. The number of thiazole rings is 1. The molecule has 0 bridgehead atoms. The van der Waals surface area contributed by atoms with Crippen LogP contribution >= 0.6 is 11.3 Å². The van der Waals surface area contributed by atoms with E-state index < -0.39 is 22.5 Å². The van der Waals surface area contributed by atoms with E-state index in [2.05, 4.69) is 4.99 Å². The number of allylic oxidation sites excluding steroid dienone is 1. The maximum Gasteiger partial charge on any atom is 0.338 e. The number of nitro benzene ring substituents is 1. The Bertz CT molecular complexity index is 1690. The normalized spacial score (nSPS) is 15.0. The van der Waals surface area contributed by atoms with E-state index in [1.807, 2.05) is 13.8 Å². The second-order valence-corrected chi connectivity index (χ2v) is 10.1. The molecule has 2 heterocycles. The molecular weight excluding hydrogens is 538 g/mol. The third-order valence-electron chi connectivity index (χ3n) is 6.08. The number of nitro groups is 1. The van der Waals surface area contributed by atoms with Crippen LogP contribution in [0, 0.1) is 10.1 Å². The van der Waals surface area contributed by atoms with Crippen molar-refractivity contribution < 1.29 is 28.7 Å². The smallest absolute Gasteiger partial charge is 0.338 e. The molecule has 0 radical (unpaired) electrons. The number of hydrogen-bond acceptors (Lipinski definition) is 10. The summed E-state index contributed by atoms with van der Waals surface area (Å²) in [7, 11) is 2.86. The number of aromatic nitrogens is 1. The van der Waals surface area contributed by atoms with Gasteiger partial charge in [0.05, 0.1) is 53.7 Å². The van der Waals surface area contributed by atoms with Gasteiger partial charge in [0.25, 0.3) is 5.56 Å². The lowest BCUT2D eigenvalue weighted by molar-refractivity contribution is -0.385. The topological polar surface area (TPSA) is 131 Å². The van der Waals surface area contributed by atoms with E-state index in [1.165, 1.54) is 30.9 Å². The molecule has 0 unspecified atom stereocenters. The molecule has 3 aromatic rings. The predicted octanol–water partition coefficient (Wildman–Crippen LogP) is 3.51. The number of ether oxygens (including phenoxy) is 4. The van der Waals surface area contributed by atoms with Gasteiger partial charge < -0.3 is 18.9 Å². The number of esters is 1. The molecule has 2 aromatic carbocycles. The summed E-state index contributed by atoms with van der Waals surface area (Å²) in [5, 5.41) is 11.5. The van der Waals surface area contributed by atoms with Crippen molar-refractivity contribution in [3.63, 3.8) is 0 Å². The number of fused-ring (bicyclic) bond motifs is 1. The summed E-state index contributed by atoms with van der Waals surface area (Å²) < 4.78 is 23.5. The van der Waals surface area contributed by atoms with Crippen molar-refractivity contribution in [1.82, 2.24) is 4.57 Å². The zero-order valence-electron chi connectivity index (χ0n) is 22.9. The SMILES string of the molecule is CCOC(=O)C1=C(C)N=c2s/c(=C\c3ccc(OC)c([N+](=O)[O-])c3)c(=O)n2[C@@H]1c1ccc(OC(C)C)c(OC)c1. The number of methoxy groups -OCH3 is 2. The molecule has 4 rings (SSSR count). The Kier molecular flexibility index (Phi) is 8.38. The van der Waals surface area contributed by atoms with Crippen molar-refractivity contribution in [2.24, 2.45) is 4.99 Å². The van der Waals surface area contributed by atoms with Crippen LogP contribution in [0.2, 0.25) is 0 Å². The zero-order chi connectivity index (χ0) is 29.1. The molecule has 12 heteroatoms. The quantitative estimate of drug-likeness (QED) is 0.218. The molecule has 0 amide bonds. The highest BCUT2D eigenvalue weighted by atomic mass is 32.1. The molecule has 40 heavy (non-hydrogen) atoms. The third-order valence-corrected chi connectivity index (χ3v) is 7.06. The van der Waals surface area contributed by atoms with Crippen molar-refractivity contribution >= 4 is 29.1 Å². The van der Waals surface area contributed by atoms with E-state index in [0.29, 0.717) is 33.1 Å². The first-order chi connectivity index (χ1) is 19.1. The fraction of sp³-hybridized carbons (Fsp3) is 0.321. The van der Waals surface area contributed by atoms with Crippen molar-refractivity contribution in [2.45, 2.75) is 39.8 Å². The predicted molar refractivity (Wildman–Crippen MR) is 149 cm³/mol. The first kappa shape index (κ1) is 28.6.